The summed E-state index contributed by atoms with van der Waals surface area (Å²) in [6, 6.07) is 5.02. The van der Waals surface area contributed by atoms with Crippen LogP contribution in [0.5, 0.6) is 5.75 Å². The number of likely N-dealkylation sites (tertiary alicyclic amines) is 1. The Hall–Kier alpha value is -0.650. The molecule has 0 amide bonds. The fourth-order valence-electron chi connectivity index (χ4n) is 2.08. The second-order valence-corrected chi connectivity index (χ2v) is 5.35. The van der Waals surface area contributed by atoms with Crippen molar-refractivity contribution in [1.29, 1.82) is 0 Å². The summed E-state index contributed by atoms with van der Waals surface area (Å²) in [6.45, 7) is 3.05. The summed E-state index contributed by atoms with van der Waals surface area (Å²) in [4.78, 5) is 2.20. The number of hydrogen-bond donors (Lipinski definition) is 1. The Morgan fingerprint density at radius 3 is 3.06 bits per heavy atom. The van der Waals surface area contributed by atoms with Crippen LogP contribution in [-0.2, 0) is 0 Å². The molecule has 3 nitrogen and oxygen atoms in total. The Bertz CT molecular complexity index is 403. The highest BCUT2D eigenvalue weighted by Gasteiger charge is 2.19. The SMILES string of the molecule is OC1CCN(CCCOc2cccc(Br)c2F)C1. The quantitative estimate of drug-likeness (QED) is 0.847. The third-order valence-electron chi connectivity index (χ3n) is 3.04. The maximum Gasteiger partial charge on any atom is 0.179 e. The van der Waals surface area contributed by atoms with Gasteiger partial charge in [0, 0.05) is 19.6 Å². The van der Waals surface area contributed by atoms with Crippen molar-refractivity contribution in [2.75, 3.05) is 26.2 Å². The molecule has 1 aromatic carbocycles. The molecular weight excluding hydrogens is 301 g/mol. The van der Waals surface area contributed by atoms with Crippen molar-refractivity contribution in [2.45, 2.75) is 18.9 Å². The molecule has 100 valence electrons. The number of aliphatic hydroxyl groups excluding tert-OH is 1. The summed E-state index contributed by atoms with van der Waals surface area (Å²) in [5, 5.41) is 9.37. The Kier molecular flexibility index (Phi) is 4.97. The summed E-state index contributed by atoms with van der Waals surface area (Å²) in [6.07, 6.45) is 1.49. The topological polar surface area (TPSA) is 32.7 Å². The van der Waals surface area contributed by atoms with E-state index in [1.54, 1.807) is 18.2 Å². The van der Waals surface area contributed by atoms with E-state index in [0.29, 0.717) is 11.1 Å². The lowest BCUT2D eigenvalue weighted by Crippen LogP contribution is -2.24. The fourth-order valence-corrected chi connectivity index (χ4v) is 2.43. The molecule has 1 heterocycles. The number of rotatable bonds is 5. The molecule has 1 aromatic rings. The lowest BCUT2D eigenvalue weighted by Gasteiger charge is -2.15. The highest BCUT2D eigenvalue weighted by Crippen LogP contribution is 2.24. The van der Waals surface area contributed by atoms with E-state index < -0.39 is 0 Å². The number of aliphatic hydroxyl groups is 1. The monoisotopic (exact) mass is 317 g/mol. The molecule has 1 aliphatic rings. The van der Waals surface area contributed by atoms with E-state index in [1.165, 1.54) is 0 Å². The smallest absolute Gasteiger partial charge is 0.179 e. The third kappa shape index (κ3) is 3.67. The molecule has 5 heteroatoms. The molecule has 1 saturated heterocycles. The summed E-state index contributed by atoms with van der Waals surface area (Å²) in [5.74, 6) is -0.0695. The predicted molar refractivity (Wildman–Crippen MR) is 71.3 cm³/mol. The maximum atomic E-state index is 13.6. The average Bonchev–Trinajstić information content (AvgIpc) is 2.76. The van der Waals surface area contributed by atoms with Crippen LogP contribution in [-0.4, -0.2) is 42.4 Å². The van der Waals surface area contributed by atoms with Gasteiger partial charge in [0.15, 0.2) is 11.6 Å². The van der Waals surface area contributed by atoms with Crippen molar-refractivity contribution in [1.82, 2.24) is 4.90 Å². The molecule has 1 unspecified atom stereocenters. The van der Waals surface area contributed by atoms with E-state index >= 15 is 0 Å². The summed E-state index contributed by atoms with van der Waals surface area (Å²) in [7, 11) is 0. The van der Waals surface area contributed by atoms with E-state index in [1.807, 2.05) is 0 Å². The van der Waals surface area contributed by atoms with Crippen LogP contribution in [0.2, 0.25) is 0 Å². The van der Waals surface area contributed by atoms with E-state index in [4.69, 9.17) is 4.74 Å². The zero-order chi connectivity index (χ0) is 13.0. The molecule has 2 rings (SSSR count). The molecule has 0 aromatic heterocycles. The van der Waals surface area contributed by atoms with Gasteiger partial charge in [-0.25, -0.2) is 4.39 Å². The number of β-amino-alcohol motifs (C(OH)–C–C–N with tert-alkyl or cyclic N) is 1. The maximum absolute atomic E-state index is 13.6. The molecule has 1 N–H and O–H groups in total. The van der Waals surface area contributed by atoms with Gasteiger partial charge in [-0.15, -0.1) is 0 Å². The molecule has 1 fully saturated rings. The number of ether oxygens (including phenoxy) is 1. The van der Waals surface area contributed by atoms with E-state index in [9.17, 15) is 9.50 Å². The van der Waals surface area contributed by atoms with E-state index in [2.05, 4.69) is 20.8 Å². The van der Waals surface area contributed by atoms with Crippen molar-refractivity contribution in [3.05, 3.63) is 28.5 Å². The number of halogens is 2. The van der Waals surface area contributed by atoms with Gasteiger partial charge in [-0.05, 0) is 40.9 Å². The van der Waals surface area contributed by atoms with Crippen molar-refractivity contribution in [3.8, 4) is 5.75 Å². The molecule has 0 bridgehead atoms. The van der Waals surface area contributed by atoms with Gasteiger partial charge >= 0.3 is 0 Å². The van der Waals surface area contributed by atoms with Gasteiger partial charge in [0.1, 0.15) is 0 Å². The zero-order valence-corrected chi connectivity index (χ0v) is 11.7. The lowest BCUT2D eigenvalue weighted by molar-refractivity contribution is 0.172. The summed E-state index contributed by atoms with van der Waals surface area (Å²) >= 11 is 3.12. The van der Waals surface area contributed by atoms with Crippen molar-refractivity contribution in [2.24, 2.45) is 0 Å². The van der Waals surface area contributed by atoms with Crippen molar-refractivity contribution in [3.63, 3.8) is 0 Å². The predicted octanol–water partition coefficient (Wildman–Crippen LogP) is 2.42. The number of benzene rings is 1. The van der Waals surface area contributed by atoms with Crippen LogP contribution in [0.3, 0.4) is 0 Å². The first kappa shape index (κ1) is 13.8. The molecule has 1 aliphatic heterocycles. The Morgan fingerprint density at radius 1 is 1.50 bits per heavy atom. The van der Waals surface area contributed by atoms with Crippen LogP contribution in [0.1, 0.15) is 12.8 Å². The summed E-state index contributed by atoms with van der Waals surface area (Å²) in [5.41, 5.74) is 0. The van der Waals surface area contributed by atoms with Gasteiger partial charge in [-0.3, -0.25) is 0 Å². The van der Waals surface area contributed by atoms with E-state index in [0.717, 1.165) is 32.5 Å². The molecule has 0 aliphatic carbocycles. The van der Waals surface area contributed by atoms with Crippen molar-refractivity contribution >= 4 is 15.9 Å². The molecule has 0 spiro atoms. The van der Waals surface area contributed by atoms with Crippen molar-refractivity contribution < 1.29 is 14.2 Å². The zero-order valence-electron chi connectivity index (χ0n) is 10.1. The first-order chi connectivity index (χ1) is 8.66. The molecular formula is C13H17BrFNO2. The highest BCUT2D eigenvalue weighted by molar-refractivity contribution is 9.10. The highest BCUT2D eigenvalue weighted by atomic mass is 79.9. The fraction of sp³-hybridized carbons (Fsp3) is 0.538. The normalized spacial score (nSPS) is 20.3. The standard InChI is InChI=1S/C13H17BrFNO2/c14-11-3-1-4-12(13(11)15)18-8-2-6-16-7-5-10(17)9-16/h1,3-4,10,17H,2,5-9H2. The third-order valence-corrected chi connectivity index (χ3v) is 3.65. The van der Waals surface area contributed by atoms with Gasteiger partial charge < -0.3 is 14.7 Å². The minimum atomic E-state index is -0.353. The molecule has 0 saturated carbocycles. The van der Waals surface area contributed by atoms with Crippen LogP contribution >= 0.6 is 15.9 Å². The van der Waals surface area contributed by atoms with Gasteiger partial charge in [-0.2, -0.15) is 0 Å². The first-order valence-corrected chi connectivity index (χ1v) is 6.93. The Labute approximate surface area is 115 Å². The Morgan fingerprint density at radius 2 is 2.33 bits per heavy atom. The largest absolute Gasteiger partial charge is 0.490 e. The van der Waals surface area contributed by atoms with Gasteiger partial charge in [0.25, 0.3) is 0 Å². The first-order valence-electron chi connectivity index (χ1n) is 6.14. The minimum absolute atomic E-state index is 0.187. The summed E-state index contributed by atoms with van der Waals surface area (Å²) < 4.78 is 19.4. The van der Waals surface area contributed by atoms with E-state index in [-0.39, 0.29) is 17.7 Å². The molecule has 1 atom stereocenters. The number of hydrogen-bond acceptors (Lipinski definition) is 3. The second kappa shape index (κ2) is 6.50. The van der Waals surface area contributed by atoms with Crippen LogP contribution in [0.25, 0.3) is 0 Å². The Balaban J connectivity index is 1.70. The van der Waals surface area contributed by atoms with Crippen LogP contribution in [0.15, 0.2) is 22.7 Å². The van der Waals surface area contributed by atoms with Gasteiger partial charge in [0.2, 0.25) is 0 Å². The number of nitrogens with zero attached hydrogens (tertiary/aromatic N) is 1. The minimum Gasteiger partial charge on any atom is -0.490 e. The average molecular weight is 318 g/mol. The lowest BCUT2D eigenvalue weighted by atomic mass is 10.3. The molecule has 0 radical (unpaired) electrons. The van der Waals surface area contributed by atoms with Gasteiger partial charge in [-0.1, -0.05) is 6.07 Å². The van der Waals surface area contributed by atoms with Crippen LogP contribution in [0.4, 0.5) is 4.39 Å². The van der Waals surface area contributed by atoms with Crippen LogP contribution < -0.4 is 4.74 Å². The van der Waals surface area contributed by atoms with Crippen LogP contribution in [0, 0.1) is 5.82 Å². The van der Waals surface area contributed by atoms with Gasteiger partial charge in [0.05, 0.1) is 17.2 Å². The molecule has 18 heavy (non-hydrogen) atoms. The second-order valence-electron chi connectivity index (χ2n) is 4.50.